The molecule has 2 N–H and O–H groups in total. The molecule has 0 unspecified atom stereocenters. The Morgan fingerprint density at radius 1 is 1.22 bits per heavy atom. The summed E-state index contributed by atoms with van der Waals surface area (Å²) in [7, 11) is 0. The van der Waals surface area contributed by atoms with Gasteiger partial charge in [-0.05, 0) is 38.7 Å². The molecule has 170 valence electrons. The highest BCUT2D eigenvalue weighted by Gasteiger charge is 2.52. The number of imide groups is 1. The van der Waals surface area contributed by atoms with Crippen molar-refractivity contribution in [1.29, 1.82) is 0 Å². The molecule has 32 heavy (non-hydrogen) atoms. The predicted octanol–water partition coefficient (Wildman–Crippen LogP) is 3.60. The molecule has 8 nitrogen and oxygen atoms in total. The quantitative estimate of drug-likeness (QED) is 0.491. The van der Waals surface area contributed by atoms with E-state index in [0.29, 0.717) is 18.0 Å². The Bertz CT molecular complexity index is 1030. The van der Waals surface area contributed by atoms with Gasteiger partial charge in [-0.3, -0.25) is 15.0 Å². The van der Waals surface area contributed by atoms with Crippen molar-refractivity contribution in [2.24, 2.45) is 0 Å². The Hall–Kier alpha value is -2.81. The van der Waals surface area contributed by atoms with Gasteiger partial charge in [0.1, 0.15) is 5.54 Å². The third kappa shape index (κ3) is 3.90. The van der Waals surface area contributed by atoms with E-state index in [1.165, 1.54) is 24.6 Å². The number of carbonyl (C=O) groups excluding carboxylic acids is 3. The number of nitrogens with zero attached hydrogens (tertiary/aromatic N) is 3. The Morgan fingerprint density at radius 3 is 2.56 bits per heavy atom. The van der Waals surface area contributed by atoms with Gasteiger partial charge < -0.3 is 9.88 Å². The van der Waals surface area contributed by atoms with Gasteiger partial charge in [0, 0.05) is 11.7 Å². The van der Waals surface area contributed by atoms with Crippen LogP contribution in [0, 0.1) is 13.8 Å². The Labute approximate surface area is 192 Å². The van der Waals surface area contributed by atoms with Crippen LogP contribution in [0.4, 0.5) is 4.79 Å². The van der Waals surface area contributed by atoms with Gasteiger partial charge in [-0.25, -0.2) is 9.78 Å². The molecule has 0 spiro atoms. The van der Waals surface area contributed by atoms with E-state index in [-0.39, 0.29) is 5.75 Å². The average molecular weight is 456 g/mol. The molecule has 1 aromatic carbocycles. The lowest BCUT2D eigenvalue weighted by molar-refractivity contribution is -0.138. The summed E-state index contributed by atoms with van der Waals surface area (Å²) in [5.74, 6) is -0.840. The molecule has 2 aromatic rings. The van der Waals surface area contributed by atoms with E-state index in [9.17, 15) is 14.4 Å². The lowest BCUT2D eigenvalue weighted by Crippen LogP contribution is -2.49. The molecule has 2 heterocycles. The fourth-order valence-electron chi connectivity index (χ4n) is 4.62. The standard InChI is InChI=1S/C23H29N5O3S/c1-4-23(17-10-6-5-7-11-17)20(30)28(21(31)25-23)26-19(29)14-32-22-24-15(2)16(3)27(22)18-12-8-9-13-18/h5-7,10-11,18H,4,8-9,12-14H2,1-3H3,(H,25,31)(H,26,29)/t23-/m0/s1. The van der Waals surface area contributed by atoms with Gasteiger partial charge in [0.2, 0.25) is 5.91 Å². The molecule has 1 aromatic heterocycles. The summed E-state index contributed by atoms with van der Waals surface area (Å²) < 4.78 is 2.24. The second-order valence-corrected chi connectivity index (χ2v) is 9.34. The summed E-state index contributed by atoms with van der Waals surface area (Å²) in [5, 5.41) is 4.39. The number of rotatable bonds is 7. The Morgan fingerprint density at radius 2 is 1.91 bits per heavy atom. The van der Waals surface area contributed by atoms with E-state index in [1.54, 1.807) is 12.1 Å². The zero-order chi connectivity index (χ0) is 22.9. The van der Waals surface area contributed by atoms with Gasteiger partial charge in [-0.1, -0.05) is 61.9 Å². The van der Waals surface area contributed by atoms with E-state index in [0.717, 1.165) is 34.4 Å². The maximum Gasteiger partial charge on any atom is 0.344 e. The number of carbonyl (C=O) groups is 3. The van der Waals surface area contributed by atoms with E-state index in [2.05, 4.69) is 27.2 Å². The molecule has 4 rings (SSSR count). The van der Waals surface area contributed by atoms with E-state index in [4.69, 9.17) is 0 Å². The van der Waals surface area contributed by atoms with E-state index in [1.807, 2.05) is 32.0 Å². The van der Waals surface area contributed by atoms with Crippen molar-refractivity contribution >= 4 is 29.6 Å². The predicted molar refractivity (Wildman–Crippen MR) is 122 cm³/mol. The van der Waals surface area contributed by atoms with Crippen LogP contribution in [0.1, 0.15) is 62.0 Å². The summed E-state index contributed by atoms with van der Waals surface area (Å²) >= 11 is 1.33. The number of aryl methyl sites for hydroxylation is 1. The van der Waals surface area contributed by atoms with Crippen LogP contribution in [0.3, 0.4) is 0 Å². The minimum Gasteiger partial charge on any atom is -0.320 e. The maximum atomic E-state index is 13.2. The average Bonchev–Trinajstić information content (AvgIpc) is 3.48. The first-order valence-corrected chi connectivity index (χ1v) is 12.1. The molecule has 0 bridgehead atoms. The molecule has 2 aliphatic rings. The van der Waals surface area contributed by atoms with Crippen LogP contribution in [0.15, 0.2) is 35.5 Å². The first kappa shape index (κ1) is 22.4. The molecule has 1 aliphatic carbocycles. The molecule has 1 aliphatic heterocycles. The summed E-state index contributed by atoms with van der Waals surface area (Å²) in [6.45, 7) is 5.87. The summed E-state index contributed by atoms with van der Waals surface area (Å²) in [6, 6.07) is 8.89. The lowest BCUT2D eigenvalue weighted by Gasteiger charge is -2.25. The smallest absolute Gasteiger partial charge is 0.320 e. The number of aromatic nitrogens is 2. The van der Waals surface area contributed by atoms with Gasteiger partial charge in [-0.2, -0.15) is 5.01 Å². The minimum absolute atomic E-state index is 0.0597. The highest BCUT2D eigenvalue weighted by atomic mass is 32.2. The molecule has 1 atom stereocenters. The second-order valence-electron chi connectivity index (χ2n) is 8.39. The fraction of sp³-hybridized carbons (Fsp3) is 0.478. The van der Waals surface area contributed by atoms with Gasteiger partial charge in [-0.15, -0.1) is 0 Å². The fourth-order valence-corrected chi connectivity index (χ4v) is 5.57. The molecular weight excluding hydrogens is 426 g/mol. The highest BCUT2D eigenvalue weighted by molar-refractivity contribution is 7.99. The van der Waals surface area contributed by atoms with Crippen molar-refractivity contribution in [1.82, 2.24) is 25.3 Å². The van der Waals surface area contributed by atoms with Crippen molar-refractivity contribution in [3.8, 4) is 0 Å². The third-order valence-corrected chi connectivity index (χ3v) is 7.45. The Balaban J connectivity index is 1.45. The van der Waals surface area contributed by atoms with Crippen molar-refractivity contribution in [2.45, 2.75) is 69.6 Å². The van der Waals surface area contributed by atoms with Gasteiger partial charge in [0.15, 0.2) is 5.16 Å². The van der Waals surface area contributed by atoms with Crippen molar-refractivity contribution in [3.05, 3.63) is 47.3 Å². The normalized spacial score (nSPS) is 21.3. The van der Waals surface area contributed by atoms with Crippen molar-refractivity contribution < 1.29 is 14.4 Å². The number of imidazole rings is 1. The number of urea groups is 1. The number of thioether (sulfide) groups is 1. The van der Waals surface area contributed by atoms with Gasteiger partial charge in [0.05, 0.1) is 11.4 Å². The largest absolute Gasteiger partial charge is 0.344 e. The number of hydrogen-bond acceptors (Lipinski definition) is 5. The topological polar surface area (TPSA) is 96.3 Å². The molecule has 4 amide bonds. The number of nitrogens with one attached hydrogen (secondary N) is 2. The number of amides is 4. The van der Waals surface area contributed by atoms with E-state index < -0.39 is 23.4 Å². The van der Waals surface area contributed by atoms with Gasteiger partial charge >= 0.3 is 6.03 Å². The lowest BCUT2D eigenvalue weighted by atomic mass is 9.87. The van der Waals surface area contributed by atoms with E-state index >= 15 is 0 Å². The van der Waals surface area contributed by atoms with Crippen molar-refractivity contribution in [2.75, 3.05) is 5.75 Å². The SMILES string of the molecule is CC[C@@]1(c2ccccc2)NC(=O)N(NC(=O)CSc2nc(C)c(C)n2C2CCCC2)C1=O. The zero-order valence-electron chi connectivity index (χ0n) is 18.7. The molecular formula is C23H29N5O3S. The number of benzene rings is 1. The monoisotopic (exact) mass is 455 g/mol. The second kappa shape index (κ2) is 8.97. The molecule has 2 fully saturated rings. The van der Waals surface area contributed by atoms with Crippen LogP contribution in [-0.4, -0.2) is 38.2 Å². The van der Waals surface area contributed by atoms with Gasteiger partial charge in [0.25, 0.3) is 5.91 Å². The first-order valence-electron chi connectivity index (χ1n) is 11.1. The van der Waals surface area contributed by atoms with Crippen molar-refractivity contribution in [3.63, 3.8) is 0 Å². The van der Waals surface area contributed by atoms with Crippen LogP contribution in [0.5, 0.6) is 0 Å². The summed E-state index contributed by atoms with van der Waals surface area (Å²) in [5.41, 5.74) is 4.10. The van der Waals surface area contributed by atoms with Crippen LogP contribution >= 0.6 is 11.8 Å². The minimum atomic E-state index is -1.17. The summed E-state index contributed by atoms with van der Waals surface area (Å²) in [6.07, 6.45) is 5.03. The molecule has 9 heteroatoms. The number of hydrazine groups is 1. The Kier molecular flexibility index (Phi) is 6.28. The van der Waals surface area contributed by atoms with Crippen LogP contribution in [0.2, 0.25) is 0 Å². The molecule has 1 saturated carbocycles. The summed E-state index contributed by atoms with van der Waals surface area (Å²) in [4.78, 5) is 43.1. The van der Waals surface area contributed by atoms with Crippen LogP contribution in [-0.2, 0) is 15.1 Å². The van der Waals surface area contributed by atoms with Crippen LogP contribution < -0.4 is 10.7 Å². The molecule has 1 saturated heterocycles. The number of hydrogen-bond donors (Lipinski definition) is 2. The third-order valence-electron chi connectivity index (χ3n) is 6.50. The maximum absolute atomic E-state index is 13.2. The molecule has 0 radical (unpaired) electrons. The first-order chi connectivity index (χ1) is 15.4. The highest BCUT2D eigenvalue weighted by Crippen LogP contribution is 2.35. The van der Waals surface area contributed by atoms with Crippen LogP contribution in [0.25, 0.3) is 0 Å². The zero-order valence-corrected chi connectivity index (χ0v) is 19.5.